The molecule has 0 radical (unpaired) electrons. The monoisotopic (exact) mass is 382 g/mol. The zero-order chi connectivity index (χ0) is 20.1. The molecule has 8 nitrogen and oxygen atoms in total. The highest BCUT2D eigenvalue weighted by Gasteiger charge is 2.28. The second-order valence-corrected chi connectivity index (χ2v) is 6.36. The summed E-state index contributed by atoms with van der Waals surface area (Å²) in [4.78, 5) is 40.2. The molecule has 1 aliphatic rings. The van der Waals surface area contributed by atoms with Gasteiger partial charge in [0, 0.05) is 37.4 Å². The molecule has 28 heavy (non-hydrogen) atoms. The van der Waals surface area contributed by atoms with Gasteiger partial charge in [0.15, 0.2) is 0 Å². The van der Waals surface area contributed by atoms with Crippen LogP contribution < -0.4 is 20.7 Å². The van der Waals surface area contributed by atoms with E-state index in [1.165, 1.54) is 17.0 Å². The van der Waals surface area contributed by atoms with Gasteiger partial charge in [-0.2, -0.15) is 0 Å². The molecule has 1 aliphatic heterocycles. The Morgan fingerprint density at radius 3 is 2.25 bits per heavy atom. The van der Waals surface area contributed by atoms with E-state index in [0.29, 0.717) is 31.9 Å². The summed E-state index contributed by atoms with van der Waals surface area (Å²) < 4.78 is 5.37. The van der Waals surface area contributed by atoms with E-state index in [0.717, 1.165) is 11.4 Å². The number of carbonyl (C=O) groups is 3. The Balaban J connectivity index is 1.56. The van der Waals surface area contributed by atoms with Crippen LogP contribution in [0.4, 0.5) is 11.4 Å². The molecule has 1 heterocycles. The maximum Gasteiger partial charge on any atom is 0.316 e. The number of nitrogens with zero attached hydrogens (tertiary/aromatic N) is 2. The molecule has 0 spiro atoms. The number of para-hydroxylation sites is 2. The number of benzene rings is 2. The number of hydrogen-bond acceptors (Lipinski definition) is 6. The van der Waals surface area contributed by atoms with Gasteiger partial charge in [0.1, 0.15) is 5.75 Å². The lowest BCUT2D eigenvalue weighted by Crippen LogP contribution is -2.53. The predicted molar refractivity (Wildman–Crippen MR) is 105 cm³/mol. The summed E-state index contributed by atoms with van der Waals surface area (Å²) in [7, 11) is 1.61. The standard InChI is InChI=1S/C20H22N4O4/c1-28-17-5-3-2-4-16(17)23-10-12-24(13-11-23)20(27)19(26)22-18(25)14-6-8-15(21)9-7-14/h2-9H,10-13,21H2,1H3,(H,22,25,26). The molecule has 3 amide bonds. The Morgan fingerprint density at radius 1 is 0.964 bits per heavy atom. The van der Waals surface area contributed by atoms with Crippen LogP contribution in [-0.4, -0.2) is 55.9 Å². The van der Waals surface area contributed by atoms with Gasteiger partial charge >= 0.3 is 11.8 Å². The van der Waals surface area contributed by atoms with E-state index in [4.69, 9.17) is 10.5 Å². The van der Waals surface area contributed by atoms with Crippen molar-refractivity contribution < 1.29 is 19.1 Å². The molecule has 0 atom stereocenters. The van der Waals surface area contributed by atoms with E-state index in [2.05, 4.69) is 10.2 Å². The van der Waals surface area contributed by atoms with Gasteiger partial charge < -0.3 is 20.3 Å². The van der Waals surface area contributed by atoms with Gasteiger partial charge in [-0.3, -0.25) is 19.7 Å². The number of hydrogen-bond donors (Lipinski definition) is 2. The Morgan fingerprint density at radius 2 is 1.61 bits per heavy atom. The van der Waals surface area contributed by atoms with E-state index in [9.17, 15) is 14.4 Å². The van der Waals surface area contributed by atoms with Crippen molar-refractivity contribution in [2.75, 3.05) is 43.9 Å². The molecule has 0 bridgehead atoms. The largest absolute Gasteiger partial charge is 0.495 e. The van der Waals surface area contributed by atoms with E-state index in [-0.39, 0.29) is 5.56 Å². The number of carbonyl (C=O) groups excluding carboxylic acids is 3. The third-order valence-corrected chi connectivity index (χ3v) is 4.59. The van der Waals surface area contributed by atoms with Crippen molar-refractivity contribution in [2.45, 2.75) is 0 Å². The highest BCUT2D eigenvalue weighted by atomic mass is 16.5. The van der Waals surface area contributed by atoms with Crippen molar-refractivity contribution in [3.63, 3.8) is 0 Å². The summed E-state index contributed by atoms with van der Waals surface area (Å²) in [5.74, 6) is -1.53. The van der Waals surface area contributed by atoms with Crippen LogP contribution in [0.1, 0.15) is 10.4 Å². The second kappa shape index (κ2) is 8.43. The summed E-state index contributed by atoms with van der Waals surface area (Å²) in [6.07, 6.45) is 0. The number of methoxy groups -OCH3 is 1. The SMILES string of the molecule is COc1ccccc1N1CCN(C(=O)C(=O)NC(=O)c2ccc(N)cc2)CC1. The molecule has 2 aromatic rings. The second-order valence-electron chi connectivity index (χ2n) is 6.36. The van der Waals surface area contributed by atoms with Crippen LogP contribution in [0.25, 0.3) is 0 Å². The van der Waals surface area contributed by atoms with Gasteiger partial charge in [0.05, 0.1) is 12.8 Å². The highest BCUT2D eigenvalue weighted by molar-refractivity contribution is 6.38. The van der Waals surface area contributed by atoms with Crippen LogP contribution in [0.5, 0.6) is 5.75 Å². The lowest BCUT2D eigenvalue weighted by atomic mass is 10.2. The molecule has 2 aromatic carbocycles. The summed E-state index contributed by atoms with van der Waals surface area (Å²) >= 11 is 0. The average Bonchev–Trinajstić information content (AvgIpc) is 2.73. The zero-order valence-electron chi connectivity index (χ0n) is 15.6. The summed E-state index contributed by atoms with van der Waals surface area (Å²) in [6.45, 7) is 1.87. The minimum Gasteiger partial charge on any atom is -0.495 e. The van der Waals surface area contributed by atoms with Crippen molar-refractivity contribution in [1.82, 2.24) is 10.2 Å². The zero-order valence-corrected chi connectivity index (χ0v) is 15.6. The number of rotatable bonds is 3. The summed E-state index contributed by atoms with van der Waals surface area (Å²) in [5.41, 5.74) is 7.29. The fraction of sp³-hybridized carbons (Fsp3) is 0.250. The van der Waals surface area contributed by atoms with Gasteiger partial charge in [-0.25, -0.2) is 0 Å². The molecule has 0 aromatic heterocycles. The lowest BCUT2D eigenvalue weighted by Gasteiger charge is -2.36. The Labute approximate surface area is 162 Å². The van der Waals surface area contributed by atoms with Crippen molar-refractivity contribution in [2.24, 2.45) is 0 Å². The molecule has 0 saturated carbocycles. The predicted octanol–water partition coefficient (Wildman–Crippen LogP) is 0.883. The lowest BCUT2D eigenvalue weighted by molar-refractivity contribution is -0.145. The van der Waals surface area contributed by atoms with Gasteiger partial charge in [-0.05, 0) is 36.4 Å². The number of imide groups is 1. The first-order valence-electron chi connectivity index (χ1n) is 8.87. The molecule has 146 valence electrons. The topological polar surface area (TPSA) is 105 Å². The normalized spacial score (nSPS) is 13.8. The summed E-state index contributed by atoms with van der Waals surface area (Å²) in [5, 5.41) is 2.13. The Bertz CT molecular complexity index is 874. The molecular weight excluding hydrogens is 360 g/mol. The molecular formula is C20H22N4O4. The van der Waals surface area contributed by atoms with Gasteiger partial charge in [-0.15, -0.1) is 0 Å². The maximum atomic E-state index is 12.4. The Hall–Kier alpha value is -3.55. The van der Waals surface area contributed by atoms with E-state index < -0.39 is 17.7 Å². The minimum absolute atomic E-state index is 0.261. The number of nitrogen functional groups attached to an aromatic ring is 1. The van der Waals surface area contributed by atoms with E-state index in [1.54, 1.807) is 19.2 Å². The fourth-order valence-corrected chi connectivity index (χ4v) is 3.05. The van der Waals surface area contributed by atoms with Gasteiger partial charge in [0.25, 0.3) is 5.91 Å². The van der Waals surface area contributed by atoms with Gasteiger partial charge in [0.2, 0.25) is 0 Å². The molecule has 0 unspecified atom stereocenters. The summed E-state index contributed by atoms with van der Waals surface area (Å²) in [6, 6.07) is 13.7. The molecule has 1 fully saturated rings. The number of amides is 3. The molecule has 3 N–H and O–H groups in total. The number of anilines is 2. The van der Waals surface area contributed by atoms with Gasteiger partial charge in [-0.1, -0.05) is 12.1 Å². The van der Waals surface area contributed by atoms with E-state index in [1.807, 2.05) is 24.3 Å². The van der Waals surface area contributed by atoms with Crippen molar-refractivity contribution in [3.05, 3.63) is 54.1 Å². The molecule has 3 rings (SSSR count). The third kappa shape index (κ3) is 4.22. The van der Waals surface area contributed by atoms with Crippen LogP contribution in [0.15, 0.2) is 48.5 Å². The first-order chi connectivity index (χ1) is 13.5. The van der Waals surface area contributed by atoms with Crippen molar-refractivity contribution >= 4 is 29.1 Å². The van der Waals surface area contributed by atoms with Crippen LogP contribution in [0, 0.1) is 0 Å². The maximum absolute atomic E-state index is 12.4. The smallest absolute Gasteiger partial charge is 0.316 e. The average molecular weight is 382 g/mol. The number of piperazine rings is 1. The molecule has 8 heteroatoms. The fourth-order valence-electron chi connectivity index (χ4n) is 3.05. The number of ether oxygens (including phenoxy) is 1. The van der Waals surface area contributed by atoms with Crippen LogP contribution >= 0.6 is 0 Å². The van der Waals surface area contributed by atoms with E-state index >= 15 is 0 Å². The minimum atomic E-state index is -0.937. The number of nitrogens with two attached hydrogens (primary N) is 1. The highest BCUT2D eigenvalue weighted by Crippen LogP contribution is 2.28. The first kappa shape index (κ1) is 19.2. The molecule has 1 saturated heterocycles. The van der Waals surface area contributed by atoms with Crippen molar-refractivity contribution in [1.29, 1.82) is 0 Å². The third-order valence-electron chi connectivity index (χ3n) is 4.59. The first-order valence-corrected chi connectivity index (χ1v) is 8.87. The molecule has 0 aliphatic carbocycles. The van der Waals surface area contributed by atoms with Crippen LogP contribution in [0.2, 0.25) is 0 Å². The van der Waals surface area contributed by atoms with Crippen molar-refractivity contribution in [3.8, 4) is 5.75 Å². The Kier molecular flexibility index (Phi) is 5.78. The quantitative estimate of drug-likeness (QED) is 0.603. The van der Waals surface area contributed by atoms with Crippen LogP contribution in [-0.2, 0) is 9.59 Å². The number of nitrogens with one attached hydrogen (secondary N) is 1. The van der Waals surface area contributed by atoms with Crippen LogP contribution in [0.3, 0.4) is 0 Å².